The number of anilines is 1. The van der Waals surface area contributed by atoms with Gasteiger partial charge in [-0.1, -0.05) is 0 Å². The molecule has 14 heavy (non-hydrogen) atoms. The van der Waals surface area contributed by atoms with Gasteiger partial charge < -0.3 is 5.32 Å². The summed E-state index contributed by atoms with van der Waals surface area (Å²) >= 11 is 0. The fourth-order valence-corrected chi connectivity index (χ4v) is 0.884. The van der Waals surface area contributed by atoms with E-state index in [2.05, 4.69) is 15.3 Å². The first kappa shape index (κ1) is 10.7. The van der Waals surface area contributed by atoms with Crippen LogP contribution in [0.15, 0.2) is 12.4 Å². The van der Waals surface area contributed by atoms with Gasteiger partial charge in [0.15, 0.2) is 0 Å². The lowest BCUT2D eigenvalue weighted by molar-refractivity contribution is -0.131. The van der Waals surface area contributed by atoms with Gasteiger partial charge in [0, 0.05) is 18.3 Å². The Bertz CT molecular complexity index is 298. The zero-order chi connectivity index (χ0) is 10.6. The fourth-order valence-electron chi connectivity index (χ4n) is 0.884. The van der Waals surface area contributed by atoms with Crippen molar-refractivity contribution < 1.29 is 13.2 Å². The van der Waals surface area contributed by atoms with Crippen molar-refractivity contribution in [2.75, 3.05) is 11.9 Å². The quantitative estimate of drug-likeness (QED) is 0.821. The Morgan fingerprint density at radius 3 is 2.64 bits per heavy atom. The maximum Gasteiger partial charge on any atom is 0.390 e. The molecule has 0 aliphatic heterocycles. The minimum atomic E-state index is -4.13. The van der Waals surface area contributed by atoms with Gasteiger partial charge in [-0.25, -0.2) is 9.97 Å². The van der Waals surface area contributed by atoms with Crippen LogP contribution in [0.3, 0.4) is 0 Å². The van der Waals surface area contributed by atoms with E-state index >= 15 is 0 Å². The molecule has 6 heteroatoms. The van der Waals surface area contributed by atoms with Crippen LogP contribution >= 0.6 is 0 Å². The average molecular weight is 205 g/mol. The van der Waals surface area contributed by atoms with E-state index in [0.29, 0.717) is 5.82 Å². The Morgan fingerprint density at radius 2 is 2.07 bits per heavy atom. The summed E-state index contributed by atoms with van der Waals surface area (Å²) in [5.74, 6) is 0.418. The summed E-state index contributed by atoms with van der Waals surface area (Å²) in [4.78, 5) is 7.59. The van der Waals surface area contributed by atoms with Crippen LogP contribution in [0.2, 0.25) is 0 Å². The molecule has 0 unspecified atom stereocenters. The second-order valence-electron chi connectivity index (χ2n) is 2.84. The minimum absolute atomic E-state index is 0.167. The van der Waals surface area contributed by atoms with Crippen LogP contribution in [0, 0.1) is 6.92 Å². The lowest BCUT2D eigenvalue weighted by Gasteiger charge is -2.07. The Kier molecular flexibility index (Phi) is 3.27. The van der Waals surface area contributed by atoms with Crippen LogP contribution in [0.25, 0.3) is 0 Å². The molecule has 1 N–H and O–H groups in total. The van der Waals surface area contributed by atoms with E-state index in [1.165, 1.54) is 6.33 Å². The van der Waals surface area contributed by atoms with Crippen molar-refractivity contribution in [1.82, 2.24) is 9.97 Å². The summed E-state index contributed by atoms with van der Waals surface area (Å²) in [5.41, 5.74) is 0.717. The largest absolute Gasteiger partial charge is 0.390 e. The summed E-state index contributed by atoms with van der Waals surface area (Å²) in [6, 6.07) is 1.59. The highest BCUT2D eigenvalue weighted by molar-refractivity contribution is 5.34. The lowest BCUT2D eigenvalue weighted by Crippen LogP contribution is -2.15. The van der Waals surface area contributed by atoms with Gasteiger partial charge in [-0.15, -0.1) is 0 Å². The van der Waals surface area contributed by atoms with Crippen molar-refractivity contribution in [3.63, 3.8) is 0 Å². The third kappa shape index (κ3) is 4.06. The highest BCUT2D eigenvalue weighted by Gasteiger charge is 2.26. The van der Waals surface area contributed by atoms with Crippen molar-refractivity contribution in [2.45, 2.75) is 19.5 Å². The Hall–Kier alpha value is -1.33. The molecule has 78 valence electrons. The zero-order valence-electron chi connectivity index (χ0n) is 7.60. The SMILES string of the molecule is Cc1cc(NCCC(F)(F)F)ncn1. The first-order valence-corrected chi connectivity index (χ1v) is 4.07. The number of hydrogen-bond acceptors (Lipinski definition) is 3. The van der Waals surface area contributed by atoms with Gasteiger partial charge in [0.2, 0.25) is 0 Å². The molecular formula is C8H10F3N3. The molecule has 1 aromatic heterocycles. The van der Waals surface area contributed by atoms with E-state index in [-0.39, 0.29) is 6.54 Å². The monoisotopic (exact) mass is 205 g/mol. The van der Waals surface area contributed by atoms with E-state index in [1.54, 1.807) is 13.0 Å². The molecular weight excluding hydrogens is 195 g/mol. The summed E-state index contributed by atoms with van der Waals surface area (Å²) in [7, 11) is 0. The van der Waals surface area contributed by atoms with Gasteiger partial charge in [-0.3, -0.25) is 0 Å². The standard InChI is InChI=1S/C8H10F3N3/c1-6-4-7(14-5-13-6)12-3-2-8(9,10)11/h4-5H,2-3H2,1H3,(H,12,13,14). The molecule has 0 amide bonds. The Labute approximate surface area is 79.4 Å². The average Bonchev–Trinajstić information content (AvgIpc) is 2.01. The predicted octanol–water partition coefficient (Wildman–Crippen LogP) is 2.15. The first-order valence-electron chi connectivity index (χ1n) is 4.07. The van der Waals surface area contributed by atoms with Gasteiger partial charge in [-0.05, 0) is 6.92 Å². The second-order valence-corrected chi connectivity index (χ2v) is 2.84. The number of halogens is 3. The van der Waals surface area contributed by atoms with Crippen molar-refractivity contribution in [3.8, 4) is 0 Å². The number of nitrogens with one attached hydrogen (secondary N) is 1. The topological polar surface area (TPSA) is 37.8 Å². The van der Waals surface area contributed by atoms with Gasteiger partial charge >= 0.3 is 6.18 Å². The van der Waals surface area contributed by atoms with Crippen LogP contribution < -0.4 is 5.32 Å². The van der Waals surface area contributed by atoms with Crippen molar-refractivity contribution in [2.24, 2.45) is 0 Å². The second kappa shape index (κ2) is 4.26. The smallest absolute Gasteiger partial charge is 0.370 e. The highest BCUT2D eigenvalue weighted by Crippen LogP contribution is 2.19. The van der Waals surface area contributed by atoms with E-state index in [0.717, 1.165) is 5.69 Å². The van der Waals surface area contributed by atoms with Gasteiger partial charge in [0.05, 0.1) is 6.42 Å². The number of hydrogen-bond donors (Lipinski definition) is 1. The predicted molar refractivity (Wildman–Crippen MR) is 45.9 cm³/mol. The van der Waals surface area contributed by atoms with Gasteiger partial charge in [-0.2, -0.15) is 13.2 Å². The molecule has 0 spiro atoms. The first-order chi connectivity index (χ1) is 6.47. The van der Waals surface area contributed by atoms with E-state index in [1.807, 2.05) is 0 Å². The summed E-state index contributed by atoms with van der Waals surface area (Å²) in [6.07, 6.45) is -3.68. The molecule has 1 rings (SSSR count). The van der Waals surface area contributed by atoms with Crippen LogP contribution in [0.5, 0.6) is 0 Å². The maximum absolute atomic E-state index is 11.8. The maximum atomic E-state index is 11.8. The van der Waals surface area contributed by atoms with Crippen LogP contribution in [0.4, 0.5) is 19.0 Å². The third-order valence-corrected chi connectivity index (χ3v) is 1.52. The van der Waals surface area contributed by atoms with E-state index in [4.69, 9.17) is 0 Å². The van der Waals surface area contributed by atoms with Crippen LogP contribution in [0.1, 0.15) is 12.1 Å². The molecule has 1 aromatic rings. The Morgan fingerprint density at radius 1 is 1.36 bits per heavy atom. The van der Waals surface area contributed by atoms with Gasteiger partial charge in [0.1, 0.15) is 12.1 Å². The van der Waals surface area contributed by atoms with Crippen molar-refractivity contribution in [1.29, 1.82) is 0 Å². The zero-order valence-corrected chi connectivity index (χ0v) is 7.60. The molecule has 0 saturated heterocycles. The molecule has 0 radical (unpaired) electrons. The fraction of sp³-hybridized carbons (Fsp3) is 0.500. The third-order valence-electron chi connectivity index (χ3n) is 1.52. The summed E-state index contributed by atoms with van der Waals surface area (Å²) in [5, 5.41) is 2.57. The summed E-state index contributed by atoms with van der Waals surface area (Å²) in [6.45, 7) is 1.58. The van der Waals surface area contributed by atoms with Crippen LogP contribution in [-0.2, 0) is 0 Å². The molecule has 0 aliphatic carbocycles. The van der Waals surface area contributed by atoms with E-state index < -0.39 is 12.6 Å². The normalized spacial score (nSPS) is 11.4. The molecule has 0 aliphatic rings. The van der Waals surface area contributed by atoms with Crippen molar-refractivity contribution >= 4 is 5.82 Å². The lowest BCUT2D eigenvalue weighted by atomic mass is 10.4. The van der Waals surface area contributed by atoms with Crippen molar-refractivity contribution in [3.05, 3.63) is 18.1 Å². The number of nitrogens with zero attached hydrogens (tertiary/aromatic N) is 2. The van der Waals surface area contributed by atoms with E-state index in [9.17, 15) is 13.2 Å². The number of aromatic nitrogens is 2. The molecule has 0 aromatic carbocycles. The summed E-state index contributed by atoms with van der Waals surface area (Å²) < 4.78 is 35.3. The van der Waals surface area contributed by atoms with Gasteiger partial charge in [0.25, 0.3) is 0 Å². The Balaban J connectivity index is 2.39. The molecule has 0 saturated carbocycles. The molecule has 1 heterocycles. The number of aryl methyl sites for hydroxylation is 1. The van der Waals surface area contributed by atoms with Crippen LogP contribution in [-0.4, -0.2) is 22.7 Å². The number of rotatable bonds is 3. The molecule has 0 fully saturated rings. The highest BCUT2D eigenvalue weighted by atomic mass is 19.4. The number of alkyl halides is 3. The minimum Gasteiger partial charge on any atom is -0.370 e. The molecule has 0 bridgehead atoms. The molecule has 3 nitrogen and oxygen atoms in total. The molecule has 0 atom stereocenters.